The van der Waals surface area contributed by atoms with Crippen LogP contribution in [-0.2, 0) is 19.5 Å². The number of aromatic nitrogens is 3. The van der Waals surface area contributed by atoms with Gasteiger partial charge in [0.1, 0.15) is 0 Å². The first-order valence-electron chi connectivity index (χ1n) is 11.3. The summed E-state index contributed by atoms with van der Waals surface area (Å²) >= 11 is 0. The quantitative estimate of drug-likeness (QED) is 0.332. The van der Waals surface area contributed by atoms with Gasteiger partial charge in [0.15, 0.2) is 0 Å². The molecule has 0 saturated carbocycles. The molecule has 0 bridgehead atoms. The van der Waals surface area contributed by atoms with Gasteiger partial charge in [-0.15, -0.1) is 0 Å². The average Bonchev–Trinajstić information content (AvgIpc) is 3.49. The highest BCUT2D eigenvalue weighted by molar-refractivity contribution is 6.08. The van der Waals surface area contributed by atoms with Crippen molar-refractivity contribution in [1.82, 2.24) is 14.3 Å². The summed E-state index contributed by atoms with van der Waals surface area (Å²) in [5, 5.41) is 13.7. The second-order valence-corrected chi connectivity index (χ2v) is 8.25. The number of carbonyl (C=O) groups excluding carboxylic acids is 1. The van der Waals surface area contributed by atoms with Crippen LogP contribution in [0.2, 0.25) is 0 Å². The van der Waals surface area contributed by atoms with E-state index in [-0.39, 0.29) is 5.78 Å². The molecular weight excluding hydrogens is 426 g/mol. The molecule has 0 radical (unpaired) electrons. The van der Waals surface area contributed by atoms with E-state index in [9.17, 15) is 14.7 Å². The topological polar surface area (TPSA) is 77.1 Å². The maximum atomic E-state index is 12.8. The second kappa shape index (κ2) is 10.6. The van der Waals surface area contributed by atoms with Crippen molar-refractivity contribution in [3.63, 3.8) is 0 Å². The van der Waals surface area contributed by atoms with E-state index < -0.39 is 5.97 Å². The Morgan fingerprint density at radius 1 is 1.03 bits per heavy atom. The van der Waals surface area contributed by atoms with E-state index in [2.05, 4.69) is 5.10 Å². The normalized spacial score (nSPS) is 11.2. The Kier molecular flexibility index (Phi) is 7.18. The fourth-order valence-corrected chi connectivity index (χ4v) is 3.90. The number of benzene rings is 2. The molecule has 34 heavy (non-hydrogen) atoms. The van der Waals surface area contributed by atoms with Crippen LogP contribution in [0.25, 0.3) is 6.08 Å². The molecule has 6 heteroatoms. The summed E-state index contributed by atoms with van der Waals surface area (Å²) in [6.07, 6.45) is 11.1. The predicted octanol–water partition coefficient (Wildman–Crippen LogP) is 5.27. The van der Waals surface area contributed by atoms with Crippen LogP contribution in [0.15, 0.2) is 85.3 Å². The Morgan fingerprint density at radius 3 is 2.62 bits per heavy atom. The lowest BCUT2D eigenvalue weighted by Gasteiger charge is -2.06. The standard InChI is InChI=1S/C28H27N3O3/c1-21-12-14-24(15-13-21)27(32)26-11-6-17-30(26)16-4-7-22-19-29-31(20-22)18-5-9-23-8-2-3-10-25(23)28(33)34/h2-4,6-8,10-15,17,19-20H,5,9,16,18H2,1H3,(H,33,34)/b7-4+. The fraction of sp³-hybridized carbons (Fsp3) is 0.179. The summed E-state index contributed by atoms with van der Waals surface area (Å²) in [6.45, 7) is 3.29. The van der Waals surface area contributed by atoms with E-state index in [1.807, 2.05) is 89.2 Å². The van der Waals surface area contributed by atoms with Gasteiger partial charge in [0.05, 0.1) is 17.5 Å². The molecule has 2 heterocycles. The highest BCUT2D eigenvalue weighted by atomic mass is 16.4. The minimum Gasteiger partial charge on any atom is -0.478 e. The van der Waals surface area contributed by atoms with E-state index in [0.29, 0.717) is 36.3 Å². The zero-order valence-electron chi connectivity index (χ0n) is 19.1. The van der Waals surface area contributed by atoms with Crippen LogP contribution in [0.1, 0.15) is 49.5 Å². The monoisotopic (exact) mass is 453 g/mol. The summed E-state index contributed by atoms with van der Waals surface area (Å²) in [5.74, 6) is -0.885. The Hall–Kier alpha value is -4.19. The second-order valence-electron chi connectivity index (χ2n) is 8.25. The number of nitrogens with zero attached hydrogens (tertiary/aromatic N) is 3. The summed E-state index contributed by atoms with van der Waals surface area (Å²) in [4.78, 5) is 24.2. The SMILES string of the molecule is Cc1ccc(C(=O)c2cccn2C/C=C/c2cnn(CCCc3ccccc3C(=O)O)c2)cc1. The lowest BCUT2D eigenvalue weighted by atomic mass is 10.0. The highest BCUT2D eigenvalue weighted by Crippen LogP contribution is 2.14. The van der Waals surface area contributed by atoms with Crippen LogP contribution in [-0.4, -0.2) is 31.2 Å². The number of hydrogen-bond donors (Lipinski definition) is 1. The molecule has 0 atom stereocenters. The van der Waals surface area contributed by atoms with Gasteiger partial charge in [-0.25, -0.2) is 4.79 Å². The number of carbonyl (C=O) groups is 2. The maximum Gasteiger partial charge on any atom is 0.335 e. The van der Waals surface area contributed by atoms with Gasteiger partial charge in [-0.2, -0.15) is 5.10 Å². The van der Waals surface area contributed by atoms with Gasteiger partial charge in [0, 0.05) is 36.6 Å². The molecule has 0 unspecified atom stereocenters. The van der Waals surface area contributed by atoms with E-state index in [1.165, 1.54) is 0 Å². The number of carboxylic acid groups (broad SMARTS) is 1. The summed E-state index contributed by atoms with van der Waals surface area (Å²) in [6, 6.07) is 18.5. The molecule has 1 N–H and O–H groups in total. The number of ketones is 1. The molecule has 0 amide bonds. The number of hydrogen-bond acceptors (Lipinski definition) is 3. The van der Waals surface area contributed by atoms with Gasteiger partial charge in [-0.05, 0) is 43.5 Å². The molecule has 0 saturated heterocycles. The lowest BCUT2D eigenvalue weighted by Crippen LogP contribution is -2.09. The predicted molar refractivity (Wildman–Crippen MR) is 132 cm³/mol. The summed E-state index contributed by atoms with van der Waals surface area (Å²) < 4.78 is 3.80. The molecule has 0 aliphatic carbocycles. The first-order valence-corrected chi connectivity index (χ1v) is 11.3. The largest absolute Gasteiger partial charge is 0.478 e. The maximum absolute atomic E-state index is 12.8. The number of allylic oxidation sites excluding steroid dienone is 1. The van der Waals surface area contributed by atoms with Gasteiger partial charge in [-0.3, -0.25) is 9.48 Å². The Balaban J connectivity index is 1.32. The van der Waals surface area contributed by atoms with Gasteiger partial charge >= 0.3 is 5.97 Å². The minimum absolute atomic E-state index is 0.00990. The molecule has 4 aromatic rings. The third-order valence-electron chi connectivity index (χ3n) is 5.72. The molecule has 0 fully saturated rings. The zero-order chi connectivity index (χ0) is 23.9. The zero-order valence-corrected chi connectivity index (χ0v) is 19.1. The fourth-order valence-electron chi connectivity index (χ4n) is 3.90. The van der Waals surface area contributed by atoms with Gasteiger partial charge in [0.2, 0.25) is 5.78 Å². The van der Waals surface area contributed by atoms with Crippen molar-refractivity contribution < 1.29 is 14.7 Å². The number of aryl methyl sites for hydroxylation is 3. The van der Waals surface area contributed by atoms with Gasteiger partial charge < -0.3 is 9.67 Å². The molecule has 0 aliphatic heterocycles. The third-order valence-corrected chi connectivity index (χ3v) is 5.72. The molecule has 2 aromatic heterocycles. The molecule has 2 aromatic carbocycles. The van der Waals surface area contributed by atoms with Crippen LogP contribution >= 0.6 is 0 Å². The van der Waals surface area contributed by atoms with Crippen molar-refractivity contribution in [3.8, 4) is 0 Å². The van der Waals surface area contributed by atoms with Crippen molar-refractivity contribution in [2.45, 2.75) is 32.9 Å². The lowest BCUT2D eigenvalue weighted by molar-refractivity contribution is 0.0695. The van der Waals surface area contributed by atoms with Crippen molar-refractivity contribution in [2.24, 2.45) is 0 Å². The van der Waals surface area contributed by atoms with E-state index in [0.717, 1.165) is 23.1 Å². The van der Waals surface area contributed by atoms with Crippen LogP contribution in [0.5, 0.6) is 0 Å². The Morgan fingerprint density at radius 2 is 1.82 bits per heavy atom. The van der Waals surface area contributed by atoms with Gasteiger partial charge in [0.25, 0.3) is 0 Å². The van der Waals surface area contributed by atoms with Crippen LogP contribution in [0.4, 0.5) is 0 Å². The first-order chi connectivity index (χ1) is 16.5. The van der Waals surface area contributed by atoms with Gasteiger partial charge in [-0.1, -0.05) is 60.2 Å². The van der Waals surface area contributed by atoms with Crippen LogP contribution < -0.4 is 0 Å². The van der Waals surface area contributed by atoms with Crippen molar-refractivity contribution in [3.05, 3.63) is 119 Å². The number of rotatable bonds is 10. The Bertz CT molecular complexity index is 1310. The highest BCUT2D eigenvalue weighted by Gasteiger charge is 2.12. The average molecular weight is 454 g/mol. The first kappa shape index (κ1) is 23.0. The molecule has 4 rings (SSSR count). The minimum atomic E-state index is -0.895. The third kappa shape index (κ3) is 5.59. The van der Waals surface area contributed by atoms with Crippen molar-refractivity contribution in [1.29, 1.82) is 0 Å². The molecular formula is C28H27N3O3. The van der Waals surface area contributed by atoms with Crippen LogP contribution in [0, 0.1) is 6.92 Å². The number of carboxylic acids is 1. The van der Waals surface area contributed by atoms with E-state index >= 15 is 0 Å². The Labute approximate surface area is 198 Å². The van der Waals surface area contributed by atoms with E-state index in [1.54, 1.807) is 18.3 Å². The van der Waals surface area contributed by atoms with E-state index in [4.69, 9.17) is 0 Å². The molecule has 172 valence electrons. The smallest absolute Gasteiger partial charge is 0.335 e. The summed E-state index contributed by atoms with van der Waals surface area (Å²) in [5.41, 5.74) is 4.64. The van der Waals surface area contributed by atoms with Crippen molar-refractivity contribution >= 4 is 17.8 Å². The van der Waals surface area contributed by atoms with Crippen molar-refractivity contribution in [2.75, 3.05) is 0 Å². The summed E-state index contributed by atoms with van der Waals surface area (Å²) in [7, 11) is 0. The molecule has 0 aliphatic rings. The molecule has 6 nitrogen and oxygen atoms in total. The number of aromatic carboxylic acids is 1. The molecule has 0 spiro atoms. The van der Waals surface area contributed by atoms with Crippen LogP contribution in [0.3, 0.4) is 0 Å².